The molecule has 2 aromatic heterocycles. The van der Waals surface area contributed by atoms with Crippen LogP contribution in [-0.2, 0) is 6.54 Å². The van der Waals surface area contributed by atoms with Crippen LogP contribution in [0.2, 0.25) is 0 Å². The molecule has 0 aliphatic rings. The summed E-state index contributed by atoms with van der Waals surface area (Å²) in [5.74, 6) is -0.0626. The SMILES string of the molecule is CCCNc1ccncc1C(=O)N(C)Cc1ccccn1. The Morgan fingerprint density at radius 1 is 1.29 bits per heavy atom. The summed E-state index contributed by atoms with van der Waals surface area (Å²) in [6.07, 6.45) is 6.02. The molecule has 1 amide bonds. The Morgan fingerprint density at radius 2 is 2.14 bits per heavy atom. The third-order valence-electron chi connectivity index (χ3n) is 3.09. The molecule has 0 bridgehead atoms. The molecule has 0 fully saturated rings. The summed E-state index contributed by atoms with van der Waals surface area (Å²) < 4.78 is 0. The van der Waals surface area contributed by atoms with E-state index in [-0.39, 0.29) is 5.91 Å². The van der Waals surface area contributed by atoms with Crippen molar-refractivity contribution >= 4 is 11.6 Å². The Labute approximate surface area is 125 Å². The number of anilines is 1. The van der Waals surface area contributed by atoms with Crippen molar-refractivity contribution < 1.29 is 4.79 Å². The quantitative estimate of drug-likeness (QED) is 0.885. The molecule has 0 radical (unpaired) electrons. The minimum absolute atomic E-state index is 0.0626. The Balaban J connectivity index is 2.12. The highest BCUT2D eigenvalue weighted by Gasteiger charge is 2.16. The van der Waals surface area contributed by atoms with E-state index in [0.29, 0.717) is 12.1 Å². The fourth-order valence-corrected chi connectivity index (χ4v) is 1.99. The number of carbonyl (C=O) groups is 1. The van der Waals surface area contributed by atoms with Crippen molar-refractivity contribution in [2.75, 3.05) is 18.9 Å². The fourth-order valence-electron chi connectivity index (χ4n) is 1.99. The Bertz CT molecular complexity index is 586. The van der Waals surface area contributed by atoms with Gasteiger partial charge in [-0.3, -0.25) is 14.8 Å². The molecule has 0 saturated heterocycles. The lowest BCUT2D eigenvalue weighted by Gasteiger charge is -2.18. The molecule has 0 unspecified atom stereocenters. The first-order valence-electron chi connectivity index (χ1n) is 7.05. The molecule has 5 nitrogen and oxygen atoms in total. The number of aromatic nitrogens is 2. The third kappa shape index (κ3) is 4.02. The Kier molecular flexibility index (Phi) is 5.26. The zero-order valence-corrected chi connectivity index (χ0v) is 12.4. The summed E-state index contributed by atoms with van der Waals surface area (Å²) in [7, 11) is 1.77. The molecule has 0 aliphatic carbocycles. The van der Waals surface area contributed by atoms with E-state index in [1.54, 1.807) is 30.5 Å². The monoisotopic (exact) mass is 284 g/mol. The van der Waals surface area contributed by atoms with Crippen molar-refractivity contribution in [2.24, 2.45) is 0 Å². The average molecular weight is 284 g/mol. The van der Waals surface area contributed by atoms with Crippen LogP contribution < -0.4 is 5.32 Å². The van der Waals surface area contributed by atoms with E-state index in [0.717, 1.165) is 24.3 Å². The van der Waals surface area contributed by atoms with Crippen LogP contribution in [0.3, 0.4) is 0 Å². The summed E-state index contributed by atoms with van der Waals surface area (Å²) in [5.41, 5.74) is 2.27. The number of hydrogen-bond acceptors (Lipinski definition) is 4. The van der Waals surface area contributed by atoms with Crippen LogP contribution in [0.4, 0.5) is 5.69 Å². The van der Waals surface area contributed by atoms with Gasteiger partial charge in [0.15, 0.2) is 0 Å². The van der Waals surface area contributed by atoms with Crippen LogP contribution in [0, 0.1) is 0 Å². The maximum Gasteiger partial charge on any atom is 0.257 e. The largest absolute Gasteiger partial charge is 0.384 e. The molecule has 0 spiro atoms. The fraction of sp³-hybridized carbons (Fsp3) is 0.312. The van der Waals surface area contributed by atoms with E-state index in [9.17, 15) is 4.79 Å². The van der Waals surface area contributed by atoms with Crippen LogP contribution in [0.25, 0.3) is 0 Å². The van der Waals surface area contributed by atoms with Crippen molar-refractivity contribution in [2.45, 2.75) is 19.9 Å². The Hall–Kier alpha value is -2.43. The van der Waals surface area contributed by atoms with Gasteiger partial charge in [-0.05, 0) is 24.6 Å². The van der Waals surface area contributed by atoms with Crippen molar-refractivity contribution in [3.05, 3.63) is 54.1 Å². The molecule has 5 heteroatoms. The van der Waals surface area contributed by atoms with Gasteiger partial charge in [0.2, 0.25) is 0 Å². The molecule has 1 N–H and O–H groups in total. The van der Waals surface area contributed by atoms with Crippen LogP contribution in [0.5, 0.6) is 0 Å². The molecule has 0 aromatic carbocycles. The summed E-state index contributed by atoms with van der Waals surface area (Å²) in [6.45, 7) is 3.39. The van der Waals surface area contributed by atoms with Gasteiger partial charge in [0.1, 0.15) is 0 Å². The first-order valence-corrected chi connectivity index (χ1v) is 7.05. The number of amides is 1. The average Bonchev–Trinajstić information content (AvgIpc) is 2.53. The molecule has 0 aliphatic heterocycles. The maximum atomic E-state index is 12.6. The van der Waals surface area contributed by atoms with Crippen molar-refractivity contribution in [1.29, 1.82) is 0 Å². The molecular formula is C16H20N4O. The number of nitrogens with zero attached hydrogens (tertiary/aromatic N) is 3. The van der Waals surface area contributed by atoms with Gasteiger partial charge in [0, 0.05) is 32.2 Å². The summed E-state index contributed by atoms with van der Waals surface area (Å²) in [4.78, 5) is 22.5. The van der Waals surface area contributed by atoms with E-state index >= 15 is 0 Å². The predicted octanol–water partition coefficient (Wildman–Crippen LogP) is 2.57. The second-order valence-corrected chi connectivity index (χ2v) is 4.83. The predicted molar refractivity (Wildman–Crippen MR) is 83.1 cm³/mol. The minimum Gasteiger partial charge on any atom is -0.384 e. The van der Waals surface area contributed by atoms with Crippen LogP contribution in [0.1, 0.15) is 29.4 Å². The summed E-state index contributed by atoms with van der Waals surface area (Å²) >= 11 is 0. The van der Waals surface area contributed by atoms with Gasteiger partial charge in [0.05, 0.1) is 23.5 Å². The molecule has 2 aromatic rings. The number of rotatable bonds is 6. The molecular weight excluding hydrogens is 264 g/mol. The number of hydrogen-bond donors (Lipinski definition) is 1. The maximum absolute atomic E-state index is 12.6. The van der Waals surface area contributed by atoms with E-state index in [1.807, 2.05) is 24.3 Å². The van der Waals surface area contributed by atoms with E-state index in [2.05, 4.69) is 22.2 Å². The molecule has 21 heavy (non-hydrogen) atoms. The molecule has 0 saturated carbocycles. The van der Waals surface area contributed by atoms with Gasteiger partial charge in [-0.1, -0.05) is 13.0 Å². The van der Waals surface area contributed by atoms with Crippen molar-refractivity contribution in [3.8, 4) is 0 Å². The number of nitrogens with one attached hydrogen (secondary N) is 1. The van der Waals surface area contributed by atoms with Crippen molar-refractivity contribution in [3.63, 3.8) is 0 Å². The second kappa shape index (κ2) is 7.38. The van der Waals surface area contributed by atoms with E-state index in [1.165, 1.54) is 0 Å². The van der Waals surface area contributed by atoms with Gasteiger partial charge in [-0.15, -0.1) is 0 Å². The zero-order chi connectivity index (χ0) is 15.1. The van der Waals surface area contributed by atoms with Gasteiger partial charge < -0.3 is 10.2 Å². The topological polar surface area (TPSA) is 58.1 Å². The standard InChI is InChI=1S/C16H20N4O/c1-3-8-19-15-7-10-17-11-14(15)16(21)20(2)12-13-6-4-5-9-18-13/h4-7,9-11H,3,8,12H2,1-2H3,(H,17,19). The highest BCUT2D eigenvalue weighted by atomic mass is 16.2. The normalized spacial score (nSPS) is 10.2. The molecule has 110 valence electrons. The number of carbonyl (C=O) groups excluding carboxylic acids is 1. The molecule has 2 rings (SSSR count). The lowest BCUT2D eigenvalue weighted by Crippen LogP contribution is -2.27. The zero-order valence-electron chi connectivity index (χ0n) is 12.4. The third-order valence-corrected chi connectivity index (χ3v) is 3.09. The van der Waals surface area contributed by atoms with Gasteiger partial charge in [-0.25, -0.2) is 0 Å². The van der Waals surface area contributed by atoms with E-state index < -0.39 is 0 Å². The minimum atomic E-state index is -0.0626. The summed E-state index contributed by atoms with van der Waals surface area (Å²) in [5, 5.41) is 3.26. The lowest BCUT2D eigenvalue weighted by molar-refractivity contribution is 0.0784. The van der Waals surface area contributed by atoms with Gasteiger partial charge in [0.25, 0.3) is 5.91 Å². The Morgan fingerprint density at radius 3 is 2.86 bits per heavy atom. The summed E-state index contributed by atoms with van der Waals surface area (Å²) in [6, 6.07) is 7.51. The first kappa shape index (κ1) is 15.0. The smallest absolute Gasteiger partial charge is 0.257 e. The molecule has 0 atom stereocenters. The number of pyridine rings is 2. The highest BCUT2D eigenvalue weighted by Crippen LogP contribution is 2.16. The van der Waals surface area contributed by atoms with Gasteiger partial charge >= 0.3 is 0 Å². The van der Waals surface area contributed by atoms with Crippen LogP contribution in [-0.4, -0.2) is 34.4 Å². The first-order chi connectivity index (χ1) is 10.2. The van der Waals surface area contributed by atoms with Crippen molar-refractivity contribution in [1.82, 2.24) is 14.9 Å². The second-order valence-electron chi connectivity index (χ2n) is 4.83. The van der Waals surface area contributed by atoms with Crippen LogP contribution >= 0.6 is 0 Å². The van der Waals surface area contributed by atoms with E-state index in [4.69, 9.17) is 0 Å². The highest BCUT2D eigenvalue weighted by molar-refractivity contribution is 5.99. The molecule has 2 heterocycles. The lowest BCUT2D eigenvalue weighted by atomic mass is 10.2. The van der Waals surface area contributed by atoms with Gasteiger partial charge in [-0.2, -0.15) is 0 Å². The van der Waals surface area contributed by atoms with Crippen LogP contribution in [0.15, 0.2) is 42.9 Å².